The van der Waals surface area contributed by atoms with Gasteiger partial charge in [-0.15, -0.1) is 11.3 Å². The number of amides is 2. The van der Waals surface area contributed by atoms with Gasteiger partial charge in [-0.25, -0.2) is 13.8 Å². The molecule has 168 valence electrons. The first-order valence-electron chi connectivity index (χ1n) is 10.7. The summed E-state index contributed by atoms with van der Waals surface area (Å²) in [7, 11) is 0. The number of hydrogen-bond donors (Lipinski definition) is 1. The molecule has 2 aromatic carbocycles. The molecule has 1 aliphatic heterocycles. The van der Waals surface area contributed by atoms with E-state index >= 15 is 0 Å². The highest BCUT2D eigenvalue weighted by molar-refractivity contribution is 7.18. The number of rotatable bonds is 5. The molecule has 0 aliphatic carbocycles. The highest BCUT2D eigenvalue weighted by Crippen LogP contribution is 2.34. The Labute approximate surface area is 189 Å². The molecule has 0 spiro atoms. The minimum atomic E-state index is -0.950. The Morgan fingerprint density at radius 3 is 2.34 bits per heavy atom. The predicted molar refractivity (Wildman–Crippen MR) is 121 cm³/mol. The monoisotopic (exact) mass is 457 g/mol. The van der Waals surface area contributed by atoms with Crippen LogP contribution in [0.25, 0.3) is 10.2 Å². The lowest BCUT2D eigenvalue weighted by molar-refractivity contribution is -0.135. The molecule has 32 heavy (non-hydrogen) atoms. The molecule has 5 nitrogen and oxygen atoms in total. The molecule has 1 atom stereocenters. The van der Waals surface area contributed by atoms with E-state index in [1.54, 1.807) is 30.1 Å². The first-order valence-corrected chi connectivity index (χ1v) is 11.6. The number of fused-ring (bicyclic) bond motifs is 1. The van der Waals surface area contributed by atoms with Crippen molar-refractivity contribution in [1.82, 2.24) is 15.2 Å². The Morgan fingerprint density at radius 1 is 1.06 bits per heavy atom. The average molecular weight is 458 g/mol. The summed E-state index contributed by atoms with van der Waals surface area (Å²) >= 11 is 1.69. The Morgan fingerprint density at radius 2 is 1.72 bits per heavy atom. The summed E-state index contributed by atoms with van der Waals surface area (Å²) in [6.45, 7) is 4.70. The van der Waals surface area contributed by atoms with Gasteiger partial charge in [-0.1, -0.05) is 32.0 Å². The van der Waals surface area contributed by atoms with Crippen LogP contribution in [0.3, 0.4) is 0 Å². The first kappa shape index (κ1) is 22.3. The average Bonchev–Trinajstić information content (AvgIpc) is 3.21. The van der Waals surface area contributed by atoms with Gasteiger partial charge in [-0.05, 0) is 43.0 Å². The number of likely N-dealkylation sites (tertiary alicyclic amines) is 1. The number of para-hydroxylation sites is 1. The number of thiazole rings is 1. The van der Waals surface area contributed by atoms with Gasteiger partial charge in [0.1, 0.15) is 23.2 Å². The van der Waals surface area contributed by atoms with Crippen LogP contribution in [0.1, 0.15) is 48.0 Å². The second kappa shape index (κ2) is 9.32. The van der Waals surface area contributed by atoms with E-state index in [0.717, 1.165) is 40.2 Å². The molecule has 0 radical (unpaired) electrons. The number of carbonyl (C=O) groups excluding carboxylic acids is 2. The molecule has 2 amide bonds. The molecule has 1 saturated heterocycles. The summed E-state index contributed by atoms with van der Waals surface area (Å²) in [4.78, 5) is 32.2. The molecule has 1 unspecified atom stereocenters. The van der Waals surface area contributed by atoms with Crippen molar-refractivity contribution in [2.45, 2.75) is 38.6 Å². The molecule has 1 N–H and O–H groups in total. The fourth-order valence-electron chi connectivity index (χ4n) is 4.05. The van der Waals surface area contributed by atoms with Crippen molar-refractivity contribution in [2.24, 2.45) is 5.92 Å². The fraction of sp³-hybridized carbons (Fsp3) is 0.375. The highest BCUT2D eigenvalue weighted by Gasteiger charge is 2.33. The Balaban J connectivity index is 1.42. The molecule has 0 saturated carbocycles. The lowest BCUT2D eigenvalue weighted by Crippen LogP contribution is -2.53. The fourth-order valence-corrected chi connectivity index (χ4v) is 5.19. The SMILES string of the molecule is CC(C)C(NC(=O)c1c(F)cccc1F)C(=O)N1CCC(c2nc3ccccc3s2)CC1. The third-order valence-electron chi connectivity index (χ3n) is 5.88. The minimum absolute atomic E-state index is 0.229. The quantitative estimate of drug-likeness (QED) is 0.602. The number of nitrogens with zero attached hydrogens (tertiary/aromatic N) is 2. The maximum absolute atomic E-state index is 14.0. The second-order valence-electron chi connectivity index (χ2n) is 8.41. The van der Waals surface area contributed by atoms with Gasteiger partial charge in [0.15, 0.2) is 0 Å². The summed E-state index contributed by atoms with van der Waals surface area (Å²) in [5.41, 5.74) is 0.328. The topological polar surface area (TPSA) is 62.3 Å². The number of carbonyl (C=O) groups is 2. The van der Waals surface area contributed by atoms with Crippen LogP contribution in [0.5, 0.6) is 0 Å². The van der Waals surface area contributed by atoms with Gasteiger partial charge in [0, 0.05) is 19.0 Å². The lowest BCUT2D eigenvalue weighted by Gasteiger charge is -2.35. The van der Waals surface area contributed by atoms with Gasteiger partial charge in [-0.3, -0.25) is 9.59 Å². The molecule has 1 aromatic heterocycles. The number of halogens is 2. The molecule has 2 heterocycles. The summed E-state index contributed by atoms with van der Waals surface area (Å²) in [5, 5.41) is 3.64. The standard InChI is InChI=1S/C24H25F2N3O2S/c1-14(2)21(28-22(30)20-16(25)6-5-7-17(20)26)24(31)29-12-10-15(11-13-29)23-27-18-8-3-4-9-19(18)32-23/h3-9,14-15,21H,10-13H2,1-2H3,(H,28,30). The molecule has 4 rings (SSSR count). The summed E-state index contributed by atoms with van der Waals surface area (Å²) < 4.78 is 29.1. The zero-order valence-corrected chi connectivity index (χ0v) is 18.8. The molecule has 1 aliphatic rings. The first-order chi connectivity index (χ1) is 15.3. The summed E-state index contributed by atoms with van der Waals surface area (Å²) in [5.74, 6) is -2.99. The van der Waals surface area contributed by atoms with E-state index in [1.165, 1.54) is 6.07 Å². The lowest BCUT2D eigenvalue weighted by atomic mass is 9.95. The van der Waals surface area contributed by atoms with Crippen LogP contribution in [0.2, 0.25) is 0 Å². The van der Waals surface area contributed by atoms with Crippen molar-refractivity contribution in [3.8, 4) is 0 Å². The van der Waals surface area contributed by atoms with Gasteiger partial charge >= 0.3 is 0 Å². The molecular formula is C24H25F2N3O2S. The van der Waals surface area contributed by atoms with Crippen molar-refractivity contribution >= 4 is 33.4 Å². The Hall–Kier alpha value is -2.87. The van der Waals surface area contributed by atoms with E-state index in [9.17, 15) is 18.4 Å². The van der Waals surface area contributed by atoms with Crippen LogP contribution in [0.15, 0.2) is 42.5 Å². The van der Waals surface area contributed by atoms with Crippen LogP contribution < -0.4 is 5.32 Å². The van der Waals surface area contributed by atoms with E-state index in [2.05, 4.69) is 11.4 Å². The van der Waals surface area contributed by atoms with Crippen LogP contribution in [-0.2, 0) is 4.79 Å². The maximum atomic E-state index is 14.0. The normalized spacial score (nSPS) is 15.8. The van der Waals surface area contributed by atoms with Gasteiger partial charge in [-0.2, -0.15) is 0 Å². The van der Waals surface area contributed by atoms with Crippen molar-refractivity contribution in [2.75, 3.05) is 13.1 Å². The molecule has 8 heteroatoms. The smallest absolute Gasteiger partial charge is 0.257 e. The van der Waals surface area contributed by atoms with E-state index in [4.69, 9.17) is 4.98 Å². The highest BCUT2D eigenvalue weighted by atomic mass is 32.1. The number of aromatic nitrogens is 1. The Bertz CT molecular complexity index is 1090. The minimum Gasteiger partial charge on any atom is -0.341 e. The number of piperidine rings is 1. The van der Waals surface area contributed by atoms with Crippen molar-refractivity contribution in [3.63, 3.8) is 0 Å². The van der Waals surface area contributed by atoms with Gasteiger partial charge in [0.05, 0.1) is 15.2 Å². The molecular weight excluding hydrogens is 432 g/mol. The Kier molecular flexibility index (Phi) is 6.50. The van der Waals surface area contributed by atoms with Crippen LogP contribution in [-0.4, -0.2) is 40.8 Å². The van der Waals surface area contributed by atoms with Crippen molar-refractivity contribution in [3.05, 3.63) is 64.7 Å². The zero-order chi connectivity index (χ0) is 22.8. The van der Waals surface area contributed by atoms with Crippen LogP contribution >= 0.6 is 11.3 Å². The van der Waals surface area contributed by atoms with E-state index in [1.807, 2.05) is 18.2 Å². The summed E-state index contributed by atoms with van der Waals surface area (Å²) in [6, 6.07) is 10.4. The van der Waals surface area contributed by atoms with Crippen LogP contribution in [0.4, 0.5) is 8.78 Å². The zero-order valence-electron chi connectivity index (χ0n) is 18.0. The van der Waals surface area contributed by atoms with Crippen molar-refractivity contribution in [1.29, 1.82) is 0 Å². The van der Waals surface area contributed by atoms with Gasteiger partial charge in [0.25, 0.3) is 5.91 Å². The van der Waals surface area contributed by atoms with Gasteiger partial charge < -0.3 is 10.2 Å². The molecule has 0 bridgehead atoms. The predicted octanol–water partition coefficient (Wildman–Crippen LogP) is 4.74. The van der Waals surface area contributed by atoms with Crippen molar-refractivity contribution < 1.29 is 18.4 Å². The number of hydrogen-bond acceptors (Lipinski definition) is 4. The van der Waals surface area contributed by atoms with Gasteiger partial charge in [0.2, 0.25) is 5.91 Å². The van der Waals surface area contributed by atoms with E-state index < -0.39 is 29.1 Å². The molecule has 3 aromatic rings. The molecule has 1 fully saturated rings. The summed E-state index contributed by atoms with van der Waals surface area (Å²) in [6.07, 6.45) is 1.57. The number of nitrogens with one attached hydrogen (secondary N) is 1. The number of benzene rings is 2. The second-order valence-corrected chi connectivity index (χ2v) is 9.47. The largest absolute Gasteiger partial charge is 0.341 e. The third-order valence-corrected chi connectivity index (χ3v) is 7.07. The van der Waals surface area contributed by atoms with E-state index in [-0.39, 0.29) is 17.7 Å². The van der Waals surface area contributed by atoms with E-state index in [0.29, 0.717) is 13.1 Å². The maximum Gasteiger partial charge on any atom is 0.257 e. The third kappa shape index (κ3) is 4.50. The van der Waals surface area contributed by atoms with Crippen LogP contribution in [0, 0.1) is 17.6 Å².